The van der Waals surface area contributed by atoms with Gasteiger partial charge in [-0.2, -0.15) is 0 Å². The fraction of sp³-hybridized carbons (Fsp3) is 0.923. The van der Waals surface area contributed by atoms with Gasteiger partial charge in [-0.05, 0) is 38.5 Å². The average Bonchev–Trinajstić information content (AvgIpc) is 2.73. The van der Waals surface area contributed by atoms with Crippen molar-refractivity contribution in [2.45, 2.75) is 136 Å². The highest BCUT2D eigenvalue weighted by Gasteiger charge is 2.09. The van der Waals surface area contributed by atoms with E-state index in [0.29, 0.717) is 0 Å². The molecule has 0 bridgehead atoms. The number of allylic oxidation sites excluding steroid dienone is 1. The monoisotopic (exact) mass is 412 g/mol. The van der Waals surface area contributed by atoms with Crippen LogP contribution in [0.25, 0.3) is 0 Å². The van der Waals surface area contributed by atoms with Crippen molar-refractivity contribution in [2.75, 3.05) is 19.8 Å². The molecule has 0 amide bonds. The average molecular weight is 413 g/mol. The summed E-state index contributed by atoms with van der Waals surface area (Å²) >= 11 is 0. The Bertz CT molecular complexity index is 297. The van der Waals surface area contributed by atoms with Gasteiger partial charge in [0.15, 0.2) is 6.29 Å². The molecule has 0 spiro atoms. The molecule has 0 aliphatic carbocycles. The van der Waals surface area contributed by atoms with E-state index in [9.17, 15) is 0 Å². The Balaban J connectivity index is 3.84. The SMILES string of the molecule is CCCCCCCCCOC(CCC/C=C/CCO)OCCCCCCCCC. The molecule has 0 atom stereocenters. The van der Waals surface area contributed by atoms with Crippen LogP contribution in [-0.2, 0) is 9.47 Å². The first kappa shape index (κ1) is 28.6. The molecule has 0 aromatic carbocycles. The molecule has 0 saturated heterocycles. The number of hydrogen-bond acceptors (Lipinski definition) is 3. The molecule has 29 heavy (non-hydrogen) atoms. The minimum atomic E-state index is -0.0403. The summed E-state index contributed by atoms with van der Waals surface area (Å²) in [7, 11) is 0. The summed E-state index contributed by atoms with van der Waals surface area (Å²) in [5.41, 5.74) is 0. The zero-order chi connectivity index (χ0) is 21.3. The summed E-state index contributed by atoms with van der Waals surface area (Å²) in [4.78, 5) is 0. The molecule has 0 unspecified atom stereocenters. The van der Waals surface area contributed by atoms with E-state index in [0.717, 1.165) is 51.7 Å². The Morgan fingerprint density at radius 3 is 1.52 bits per heavy atom. The number of ether oxygens (including phenoxy) is 2. The molecule has 0 saturated carbocycles. The van der Waals surface area contributed by atoms with E-state index in [-0.39, 0.29) is 12.9 Å². The topological polar surface area (TPSA) is 38.7 Å². The third-order valence-corrected chi connectivity index (χ3v) is 5.38. The molecule has 1 N–H and O–H groups in total. The Morgan fingerprint density at radius 1 is 0.586 bits per heavy atom. The van der Waals surface area contributed by atoms with Crippen molar-refractivity contribution in [2.24, 2.45) is 0 Å². The van der Waals surface area contributed by atoms with E-state index in [1.807, 2.05) is 0 Å². The van der Waals surface area contributed by atoms with Crippen molar-refractivity contribution in [1.82, 2.24) is 0 Å². The zero-order valence-corrected chi connectivity index (χ0v) is 19.8. The second-order valence-electron chi connectivity index (χ2n) is 8.33. The number of rotatable bonds is 24. The van der Waals surface area contributed by atoms with Crippen LogP contribution in [0.4, 0.5) is 0 Å². The van der Waals surface area contributed by atoms with Gasteiger partial charge in [0.1, 0.15) is 0 Å². The van der Waals surface area contributed by atoms with E-state index < -0.39 is 0 Å². The Morgan fingerprint density at radius 2 is 1.03 bits per heavy atom. The molecule has 0 fully saturated rings. The summed E-state index contributed by atoms with van der Waals surface area (Å²) in [5.74, 6) is 0. The molecular weight excluding hydrogens is 360 g/mol. The van der Waals surface area contributed by atoms with Gasteiger partial charge in [0.05, 0.1) is 0 Å². The quantitative estimate of drug-likeness (QED) is 0.0992. The van der Waals surface area contributed by atoms with Crippen LogP contribution < -0.4 is 0 Å². The summed E-state index contributed by atoms with van der Waals surface area (Å²) in [5, 5.41) is 8.82. The maximum absolute atomic E-state index is 8.82. The van der Waals surface area contributed by atoms with Gasteiger partial charge < -0.3 is 14.6 Å². The molecule has 3 heteroatoms. The van der Waals surface area contributed by atoms with Crippen molar-refractivity contribution in [3.05, 3.63) is 12.2 Å². The fourth-order valence-electron chi connectivity index (χ4n) is 3.48. The molecule has 3 nitrogen and oxygen atoms in total. The molecule has 0 aliphatic heterocycles. The standard InChI is InChI=1S/C26H52O3/c1-3-5-7-9-11-16-20-24-28-26(22-18-14-13-15-19-23-27)29-25-21-17-12-10-8-6-4-2/h13,15,26-27H,3-12,14,16-25H2,1-2H3/b15-13+. The number of aliphatic hydroxyl groups is 1. The second-order valence-corrected chi connectivity index (χ2v) is 8.33. The van der Waals surface area contributed by atoms with Crippen LogP contribution in [0.3, 0.4) is 0 Å². The zero-order valence-electron chi connectivity index (χ0n) is 19.8. The van der Waals surface area contributed by atoms with Crippen molar-refractivity contribution < 1.29 is 14.6 Å². The number of aliphatic hydroxyl groups excluding tert-OH is 1. The van der Waals surface area contributed by atoms with Gasteiger partial charge in [-0.15, -0.1) is 0 Å². The smallest absolute Gasteiger partial charge is 0.157 e. The van der Waals surface area contributed by atoms with Crippen LogP contribution in [0.5, 0.6) is 0 Å². The minimum absolute atomic E-state index is 0.0403. The highest BCUT2D eigenvalue weighted by atomic mass is 16.7. The van der Waals surface area contributed by atoms with E-state index in [4.69, 9.17) is 14.6 Å². The lowest BCUT2D eigenvalue weighted by molar-refractivity contribution is -0.147. The van der Waals surface area contributed by atoms with Crippen LogP contribution >= 0.6 is 0 Å². The van der Waals surface area contributed by atoms with Gasteiger partial charge in [0.2, 0.25) is 0 Å². The predicted molar refractivity (Wildman–Crippen MR) is 126 cm³/mol. The highest BCUT2D eigenvalue weighted by Crippen LogP contribution is 2.13. The lowest BCUT2D eigenvalue weighted by Gasteiger charge is -2.18. The normalized spacial score (nSPS) is 11.9. The maximum Gasteiger partial charge on any atom is 0.157 e. The van der Waals surface area contributed by atoms with Gasteiger partial charge in [-0.1, -0.05) is 103 Å². The van der Waals surface area contributed by atoms with Crippen LogP contribution in [0.2, 0.25) is 0 Å². The first-order valence-electron chi connectivity index (χ1n) is 12.8. The van der Waals surface area contributed by atoms with E-state index in [2.05, 4.69) is 26.0 Å². The first-order chi connectivity index (χ1) is 14.3. The summed E-state index contributed by atoms with van der Waals surface area (Å²) in [6, 6.07) is 0. The van der Waals surface area contributed by atoms with E-state index in [1.165, 1.54) is 77.0 Å². The van der Waals surface area contributed by atoms with Gasteiger partial charge in [-0.25, -0.2) is 0 Å². The van der Waals surface area contributed by atoms with Crippen LogP contribution in [0.15, 0.2) is 12.2 Å². The van der Waals surface area contributed by atoms with Gasteiger partial charge in [-0.3, -0.25) is 0 Å². The first-order valence-corrected chi connectivity index (χ1v) is 12.8. The molecule has 0 aromatic rings. The van der Waals surface area contributed by atoms with Crippen LogP contribution in [0.1, 0.15) is 129 Å². The lowest BCUT2D eigenvalue weighted by atomic mass is 10.1. The van der Waals surface area contributed by atoms with Crippen molar-refractivity contribution in [3.63, 3.8) is 0 Å². The van der Waals surface area contributed by atoms with Crippen molar-refractivity contribution >= 4 is 0 Å². The third-order valence-electron chi connectivity index (χ3n) is 5.38. The van der Waals surface area contributed by atoms with Gasteiger partial charge >= 0.3 is 0 Å². The van der Waals surface area contributed by atoms with Gasteiger partial charge in [0, 0.05) is 19.8 Å². The maximum atomic E-state index is 8.82. The Kier molecular flexibility index (Phi) is 25.3. The largest absolute Gasteiger partial charge is 0.396 e. The minimum Gasteiger partial charge on any atom is -0.396 e. The fourth-order valence-corrected chi connectivity index (χ4v) is 3.48. The lowest BCUT2D eigenvalue weighted by Crippen LogP contribution is -2.19. The summed E-state index contributed by atoms with van der Waals surface area (Å²) < 4.78 is 12.1. The molecule has 0 heterocycles. The van der Waals surface area contributed by atoms with Crippen molar-refractivity contribution in [1.29, 1.82) is 0 Å². The molecule has 0 radical (unpaired) electrons. The van der Waals surface area contributed by atoms with Crippen LogP contribution in [-0.4, -0.2) is 31.2 Å². The third kappa shape index (κ3) is 23.8. The predicted octanol–water partition coefficient (Wildman–Crippen LogP) is 7.96. The Hall–Kier alpha value is -0.380. The van der Waals surface area contributed by atoms with E-state index >= 15 is 0 Å². The van der Waals surface area contributed by atoms with E-state index in [1.54, 1.807) is 0 Å². The molecular formula is C26H52O3. The molecule has 0 aliphatic rings. The van der Waals surface area contributed by atoms with Gasteiger partial charge in [0.25, 0.3) is 0 Å². The van der Waals surface area contributed by atoms with Crippen molar-refractivity contribution in [3.8, 4) is 0 Å². The van der Waals surface area contributed by atoms with Crippen LogP contribution in [0, 0.1) is 0 Å². The second kappa shape index (κ2) is 25.7. The molecule has 174 valence electrons. The highest BCUT2D eigenvalue weighted by molar-refractivity contribution is 4.81. The summed E-state index contributed by atoms with van der Waals surface area (Å²) in [6.45, 7) is 6.43. The number of hydrogen-bond donors (Lipinski definition) is 1. The molecule has 0 rings (SSSR count). The Labute approximate surface area is 182 Å². The number of unbranched alkanes of at least 4 members (excludes halogenated alkanes) is 13. The summed E-state index contributed by atoms with van der Waals surface area (Å²) in [6.07, 6.45) is 26.4. The molecule has 0 aromatic heterocycles.